The van der Waals surface area contributed by atoms with E-state index in [-0.39, 0.29) is 11.7 Å². The summed E-state index contributed by atoms with van der Waals surface area (Å²) >= 11 is 18.5. The Labute approximate surface area is 160 Å². The zero-order valence-corrected chi connectivity index (χ0v) is 16.0. The van der Waals surface area contributed by atoms with Crippen LogP contribution in [0.2, 0.25) is 15.1 Å². The van der Waals surface area contributed by atoms with Gasteiger partial charge >= 0.3 is 5.63 Å². The monoisotopic (exact) mass is 396 g/mol. The maximum atomic E-state index is 11.9. The fourth-order valence-electron chi connectivity index (χ4n) is 2.82. The summed E-state index contributed by atoms with van der Waals surface area (Å²) in [7, 11) is 0. The minimum atomic E-state index is -0.366. The van der Waals surface area contributed by atoms with E-state index in [2.05, 4.69) is 12.2 Å². The minimum Gasteiger partial charge on any atom is -0.423 e. The molecule has 0 radical (unpaired) electrons. The van der Waals surface area contributed by atoms with E-state index in [1.54, 1.807) is 12.1 Å². The normalized spacial score (nSPS) is 12.5. The first-order chi connectivity index (χ1) is 11.8. The van der Waals surface area contributed by atoms with Gasteiger partial charge in [0.05, 0.1) is 5.02 Å². The van der Waals surface area contributed by atoms with Crippen LogP contribution in [0, 0.1) is 6.92 Å². The number of benzene rings is 2. The largest absolute Gasteiger partial charge is 0.423 e. The summed E-state index contributed by atoms with van der Waals surface area (Å²) in [5.41, 5.74) is 2.93. The zero-order valence-electron chi connectivity index (χ0n) is 13.8. The van der Waals surface area contributed by atoms with Crippen molar-refractivity contribution in [3.63, 3.8) is 0 Å². The quantitative estimate of drug-likeness (QED) is 0.637. The van der Waals surface area contributed by atoms with Crippen molar-refractivity contribution in [2.24, 2.45) is 0 Å². The fourth-order valence-corrected chi connectivity index (χ4v) is 3.56. The zero-order chi connectivity index (χ0) is 18.1. The lowest BCUT2D eigenvalue weighted by Crippen LogP contribution is -2.83. The van der Waals surface area contributed by atoms with Crippen LogP contribution in [-0.2, 0) is 6.54 Å². The van der Waals surface area contributed by atoms with Crippen molar-refractivity contribution in [3.05, 3.63) is 78.6 Å². The first-order valence-electron chi connectivity index (χ1n) is 7.86. The third-order valence-electron chi connectivity index (χ3n) is 4.25. The lowest BCUT2D eigenvalue weighted by atomic mass is 10.1. The summed E-state index contributed by atoms with van der Waals surface area (Å²) in [5.74, 6) is 0. The Morgan fingerprint density at radius 1 is 1.08 bits per heavy atom. The van der Waals surface area contributed by atoms with E-state index in [0.717, 1.165) is 22.1 Å². The van der Waals surface area contributed by atoms with E-state index in [0.29, 0.717) is 27.2 Å². The highest BCUT2D eigenvalue weighted by atomic mass is 35.5. The van der Waals surface area contributed by atoms with Crippen LogP contribution in [0.4, 0.5) is 0 Å². The van der Waals surface area contributed by atoms with Crippen molar-refractivity contribution in [2.45, 2.75) is 26.4 Å². The van der Waals surface area contributed by atoms with E-state index in [1.165, 1.54) is 6.07 Å². The maximum Gasteiger partial charge on any atom is 0.336 e. The van der Waals surface area contributed by atoms with E-state index in [4.69, 9.17) is 39.2 Å². The van der Waals surface area contributed by atoms with E-state index >= 15 is 0 Å². The molecule has 3 nitrogen and oxygen atoms in total. The molecule has 2 aromatic carbocycles. The van der Waals surface area contributed by atoms with Crippen molar-refractivity contribution in [3.8, 4) is 0 Å². The Morgan fingerprint density at radius 3 is 2.56 bits per heavy atom. The average Bonchev–Trinajstić information content (AvgIpc) is 2.54. The standard InChI is InChI=1S/C19H16Cl3NO2/c1-10-5-18-15(8-16(10)21)12(6-19(24)25-18)9-23-11(2)14-4-3-13(20)7-17(14)22/h3-8,11,23H,9H2,1-2H3/p+1/t11-/m1/s1. The highest BCUT2D eigenvalue weighted by molar-refractivity contribution is 6.35. The molecule has 0 unspecified atom stereocenters. The van der Waals surface area contributed by atoms with Crippen molar-refractivity contribution >= 4 is 45.8 Å². The third-order valence-corrected chi connectivity index (χ3v) is 5.22. The SMILES string of the molecule is Cc1cc2oc(=O)cc(C[NH2+][C@H](C)c3ccc(Cl)cc3Cl)c2cc1Cl. The number of hydrogen-bond donors (Lipinski definition) is 1. The summed E-state index contributed by atoms with van der Waals surface area (Å²) in [4.78, 5) is 11.9. The molecule has 1 heterocycles. The molecule has 0 bridgehead atoms. The number of quaternary nitrogens is 1. The number of hydrogen-bond acceptors (Lipinski definition) is 2. The Hall–Kier alpha value is -1.52. The molecule has 25 heavy (non-hydrogen) atoms. The second-order valence-corrected chi connectivity index (χ2v) is 7.33. The predicted octanol–water partition coefficient (Wildman–Crippen LogP) is 4.89. The lowest BCUT2D eigenvalue weighted by molar-refractivity contribution is -0.707. The molecule has 2 N–H and O–H groups in total. The van der Waals surface area contributed by atoms with E-state index < -0.39 is 0 Å². The smallest absolute Gasteiger partial charge is 0.336 e. The molecule has 1 atom stereocenters. The molecule has 0 saturated heterocycles. The molecule has 0 aliphatic carbocycles. The molecular weight excluding hydrogens is 381 g/mol. The summed E-state index contributed by atoms with van der Waals surface area (Å²) in [6, 6.07) is 10.7. The maximum absolute atomic E-state index is 11.9. The van der Waals surface area contributed by atoms with Crippen molar-refractivity contribution in [1.82, 2.24) is 0 Å². The van der Waals surface area contributed by atoms with E-state index in [1.807, 2.05) is 25.1 Å². The van der Waals surface area contributed by atoms with Gasteiger partial charge in [-0.3, -0.25) is 0 Å². The Kier molecular flexibility index (Phi) is 5.40. The number of aryl methyl sites for hydroxylation is 1. The molecule has 1 aromatic heterocycles. The molecular formula is C19H17Cl3NO2+. The summed E-state index contributed by atoms with van der Waals surface area (Å²) in [6.45, 7) is 4.53. The molecule has 0 saturated carbocycles. The van der Waals surface area contributed by atoms with Gasteiger partial charge in [-0.15, -0.1) is 0 Å². The van der Waals surface area contributed by atoms with Crippen LogP contribution in [0.15, 0.2) is 45.6 Å². The molecule has 0 fully saturated rings. The highest BCUT2D eigenvalue weighted by Crippen LogP contribution is 2.26. The third kappa shape index (κ3) is 4.01. The van der Waals surface area contributed by atoms with Gasteiger partial charge in [-0.05, 0) is 43.7 Å². The molecule has 0 aliphatic rings. The first-order valence-corrected chi connectivity index (χ1v) is 8.99. The Balaban J connectivity index is 1.90. The average molecular weight is 398 g/mol. The molecule has 0 aliphatic heterocycles. The molecule has 130 valence electrons. The predicted molar refractivity (Wildman–Crippen MR) is 103 cm³/mol. The van der Waals surface area contributed by atoms with Crippen molar-refractivity contribution in [1.29, 1.82) is 0 Å². The molecule has 3 rings (SSSR count). The van der Waals surface area contributed by atoms with Crippen molar-refractivity contribution in [2.75, 3.05) is 0 Å². The number of halogens is 3. The second-order valence-electron chi connectivity index (χ2n) is 6.08. The van der Waals surface area contributed by atoms with Crippen LogP contribution in [0.1, 0.15) is 29.7 Å². The van der Waals surface area contributed by atoms with Crippen LogP contribution in [0.3, 0.4) is 0 Å². The summed E-state index contributed by atoms with van der Waals surface area (Å²) in [6.07, 6.45) is 0. The highest BCUT2D eigenvalue weighted by Gasteiger charge is 2.15. The summed E-state index contributed by atoms with van der Waals surface area (Å²) < 4.78 is 5.30. The number of fused-ring (bicyclic) bond motifs is 1. The van der Waals surface area contributed by atoms with Gasteiger partial charge in [0.1, 0.15) is 18.2 Å². The van der Waals surface area contributed by atoms with Crippen LogP contribution in [0.25, 0.3) is 11.0 Å². The molecule has 3 aromatic rings. The molecule has 0 spiro atoms. The summed E-state index contributed by atoms with van der Waals surface area (Å²) in [5, 5.41) is 4.85. The number of nitrogens with two attached hydrogens (primary N) is 1. The van der Waals surface area contributed by atoms with Gasteiger partial charge in [-0.25, -0.2) is 4.79 Å². The van der Waals surface area contributed by atoms with Gasteiger partial charge in [0.15, 0.2) is 0 Å². The first kappa shape index (κ1) is 18.3. The number of rotatable bonds is 4. The van der Waals surface area contributed by atoms with Gasteiger partial charge in [-0.1, -0.05) is 40.9 Å². The Morgan fingerprint density at radius 2 is 1.84 bits per heavy atom. The van der Waals surface area contributed by atoms with Gasteiger partial charge in [0.2, 0.25) is 0 Å². The van der Waals surface area contributed by atoms with Crippen LogP contribution >= 0.6 is 34.8 Å². The van der Waals surface area contributed by atoms with Crippen LogP contribution in [-0.4, -0.2) is 0 Å². The Bertz CT molecular complexity index is 998. The molecule has 0 amide bonds. The topological polar surface area (TPSA) is 46.8 Å². The van der Waals surface area contributed by atoms with Gasteiger partial charge in [0.25, 0.3) is 0 Å². The molecule has 6 heteroatoms. The van der Waals surface area contributed by atoms with Gasteiger partial charge in [-0.2, -0.15) is 0 Å². The van der Waals surface area contributed by atoms with Crippen LogP contribution < -0.4 is 10.9 Å². The van der Waals surface area contributed by atoms with E-state index in [9.17, 15) is 4.79 Å². The minimum absolute atomic E-state index is 0.105. The van der Waals surface area contributed by atoms with Crippen molar-refractivity contribution < 1.29 is 9.73 Å². The lowest BCUT2D eigenvalue weighted by Gasteiger charge is -2.14. The second kappa shape index (κ2) is 7.38. The van der Waals surface area contributed by atoms with Gasteiger partial charge in [0, 0.05) is 32.6 Å². The fraction of sp³-hybridized carbons (Fsp3) is 0.211. The van der Waals surface area contributed by atoms with Gasteiger partial charge < -0.3 is 9.73 Å². The van der Waals surface area contributed by atoms with Crippen LogP contribution in [0.5, 0.6) is 0 Å².